The monoisotopic (exact) mass is 299 g/mol. The number of pyridine rings is 1. The quantitative estimate of drug-likeness (QED) is 0.856. The fourth-order valence-corrected chi connectivity index (χ4v) is 2.79. The first-order valence-electron chi connectivity index (χ1n) is 7.58. The molecule has 0 bridgehead atoms. The Bertz CT molecular complexity index is 644. The van der Waals surface area contributed by atoms with Crippen LogP contribution in [0.1, 0.15) is 11.4 Å². The van der Waals surface area contributed by atoms with E-state index in [-0.39, 0.29) is 5.91 Å². The number of hydrogen-bond donors (Lipinski definition) is 0. The molecule has 0 unspecified atom stereocenters. The summed E-state index contributed by atoms with van der Waals surface area (Å²) in [6, 6.07) is 7.90. The molecular weight excluding hydrogens is 278 g/mol. The number of aromatic nitrogens is 3. The van der Waals surface area contributed by atoms with Gasteiger partial charge >= 0.3 is 0 Å². The highest BCUT2D eigenvalue weighted by molar-refractivity contribution is 5.76. The summed E-state index contributed by atoms with van der Waals surface area (Å²) in [5.41, 5.74) is 1.98. The number of amides is 1. The molecule has 2 aromatic rings. The lowest BCUT2D eigenvalue weighted by Gasteiger charge is -2.35. The number of anilines is 1. The van der Waals surface area contributed by atoms with E-state index in [0.29, 0.717) is 6.54 Å². The molecule has 22 heavy (non-hydrogen) atoms. The third-order valence-corrected chi connectivity index (χ3v) is 3.99. The maximum Gasteiger partial charge on any atom is 0.244 e. The Morgan fingerprint density at radius 1 is 1.18 bits per heavy atom. The van der Waals surface area contributed by atoms with E-state index in [1.54, 1.807) is 10.9 Å². The van der Waals surface area contributed by atoms with Crippen LogP contribution in [-0.2, 0) is 11.3 Å². The lowest BCUT2D eigenvalue weighted by molar-refractivity contribution is -0.132. The number of rotatable bonds is 3. The summed E-state index contributed by atoms with van der Waals surface area (Å²) in [6.07, 6.45) is 1.80. The molecule has 116 valence electrons. The smallest absolute Gasteiger partial charge is 0.244 e. The summed E-state index contributed by atoms with van der Waals surface area (Å²) in [7, 11) is 0. The Morgan fingerprint density at radius 2 is 1.95 bits per heavy atom. The molecule has 2 aromatic heterocycles. The van der Waals surface area contributed by atoms with Crippen LogP contribution in [-0.4, -0.2) is 51.8 Å². The highest BCUT2D eigenvalue weighted by atomic mass is 16.2. The van der Waals surface area contributed by atoms with E-state index in [2.05, 4.69) is 15.0 Å². The zero-order valence-corrected chi connectivity index (χ0v) is 13.1. The Balaban J connectivity index is 1.57. The second kappa shape index (κ2) is 6.17. The van der Waals surface area contributed by atoms with Crippen molar-refractivity contribution in [2.24, 2.45) is 0 Å². The average Bonchev–Trinajstić information content (AvgIpc) is 2.86. The first-order chi connectivity index (χ1) is 10.6. The number of aryl methyl sites for hydroxylation is 2. The average molecular weight is 299 g/mol. The number of nitrogens with zero attached hydrogens (tertiary/aromatic N) is 5. The molecule has 0 aromatic carbocycles. The van der Waals surface area contributed by atoms with E-state index < -0.39 is 0 Å². The molecule has 0 N–H and O–H groups in total. The van der Waals surface area contributed by atoms with Crippen LogP contribution in [0, 0.1) is 13.8 Å². The van der Waals surface area contributed by atoms with Crippen LogP contribution < -0.4 is 4.90 Å². The number of carbonyl (C=O) groups excluding carboxylic acids is 1. The third kappa shape index (κ3) is 3.10. The van der Waals surface area contributed by atoms with Crippen LogP contribution in [0.4, 0.5) is 5.82 Å². The van der Waals surface area contributed by atoms with Crippen molar-refractivity contribution in [3.8, 4) is 0 Å². The Labute approximate surface area is 130 Å². The van der Waals surface area contributed by atoms with Gasteiger partial charge in [0.25, 0.3) is 0 Å². The zero-order valence-electron chi connectivity index (χ0n) is 13.1. The lowest BCUT2D eigenvalue weighted by Crippen LogP contribution is -2.50. The van der Waals surface area contributed by atoms with E-state index in [1.807, 2.05) is 43.0 Å². The predicted molar refractivity (Wildman–Crippen MR) is 84.7 cm³/mol. The van der Waals surface area contributed by atoms with Gasteiger partial charge in [-0.15, -0.1) is 0 Å². The summed E-state index contributed by atoms with van der Waals surface area (Å²) in [5.74, 6) is 1.11. The topological polar surface area (TPSA) is 54.3 Å². The van der Waals surface area contributed by atoms with Gasteiger partial charge in [0.15, 0.2) is 0 Å². The first kappa shape index (κ1) is 14.6. The van der Waals surface area contributed by atoms with Crippen molar-refractivity contribution in [2.75, 3.05) is 31.1 Å². The largest absolute Gasteiger partial charge is 0.353 e. The summed E-state index contributed by atoms with van der Waals surface area (Å²) >= 11 is 0. The van der Waals surface area contributed by atoms with Gasteiger partial charge in [0, 0.05) is 38.1 Å². The van der Waals surface area contributed by atoms with Gasteiger partial charge in [-0.3, -0.25) is 9.48 Å². The molecule has 1 aliphatic rings. The zero-order chi connectivity index (χ0) is 15.5. The van der Waals surface area contributed by atoms with Crippen LogP contribution in [0.25, 0.3) is 0 Å². The predicted octanol–water partition coefficient (Wildman–Crippen LogP) is 1.24. The van der Waals surface area contributed by atoms with Crippen LogP contribution in [0.15, 0.2) is 30.5 Å². The molecule has 0 atom stereocenters. The van der Waals surface area contributed by atoms with Gasteiger partial charge in [-0.1, -0.05) is 6.07 Å². The molecule has 1 fully saturated rings. The van der Waals surface area contributed by atoms with Gasteiger partial charge in [0.05, 0.1) is 5.69 Å². The molecule has 0 aliphatic carbocycles. The molecular formula is C16H21N5O. The minimum atomic E-state index is 0.131. The standard InChI is InChI=1S/C16H21N5O/c1-13-11-14(2)21(18-13)12-16(22)20-9-7-19(8-10-20)15-5-3-4-6-17-15/h3-6,11H,7-10,12H2,1-2H3. The van der Waals surface area contributed by atoms with Gasteiger partial charge in [-0.05, 0) is 32.0 Å². The number of hydrogen-bond acceptors (Lipinski definition) is 4. The summed E-state index contributed by atoms with van der Waals surface area (Å²) in [6.45, 7) is 7.35. The van der Waals surface area contributed by atoms with Crippen molar-refractivity contribution >= 4 is 11.7 Å². The molecule has 6 nitrogen and oxygen atoms in total. The van der Waals surface area contributed by atoms with Crippen LogP contribution in [0.5, 0.6) is 0 Å². The van der Waals surface area contributed by atoms with Gasteiger partial charge in [0.1, 0.15) is 12.4 Å². The Hall–Kier alpha value is -2.37. The Kier molecular flexibility index (Phi) is 4.09. The molecule has 3 rings (SSSR count). The van der Waals surface area contributed by atoms with Gasteiger partial charge in [0.2, 0.25) is 5.91 Å². The van der Waals surface area contributed by atoms with Crippen molar-refractivity contribution in [2.45, 2.75) is 20.4 Å². The molecule has 6 heteroatoms. The first-order valence-corrected chi connectivity index (χ1v) is 7.58. The summed E-state index contributed by atoms with van der Waals surface area (Å²) < 4.78 is 1.78. The lowest BCUT2D eigenvalue weighted by atomic mass is 10.3. The number of piperazine rings is 1. The molecule has 1 amide bonds. The van der Waals surface area contributed by atoms with Crippen LogP contribution >= 0.6 is 0 Å². The molecule has 1 saturated heterocycles. The van der Waals surface area contributed by atoms with Gasteiger partial charge in [-0.25, -0.2) is 4.98 Å². The molecule has 1 aliphatic heterocycles. The van der Waals surface area contributed by atoms with E-state index in [9.17, 15) is 4.79 Å². The van der Waals surface area contributed by atoms with Crippen molar-refractivity contribution in [3.63, 3.8) is 0 Å². The van der Waals surface area contributed by atoms with E-state index in [0.717, 1.165) is 43.4 Å². The second-order valence-corrected chi connectivity index (χ2v) is 5.64. The van der Waals surface area contributed by atoms with Crippen molar-refractivity contribution < 1.29 is 4.79 Å². The highest BCUT2D eigenvalue weighted by Crippen LogP contribution is 2.13. The summed E-state index contributed by atoms with van der Waals surface area (Å²) in [4.78, 5) is 20.9. The van der Waals surface area contributed by atoms with E-state index in [4.69, 9.17) is 0 Å². The maximum absolute atomic E-state index is 12.4. The van der Waals surface area contributed by atoms with Crippen LogP contribution in [0.3, 0.4) is 0 Å². The molecule has 3 heterocycles. The van der Waals surface area contributed by atoms with Crippen molar-refractivity contribution in [1.82, 2.24) is 19.7 Å². The van der Waals surface area contributed by atoms with Gasteiger partial charge < -0.3 is 9.80 Å². The summed E-state index contributed by atoms with van der Waals surface area (Å²) in [5, 5.41) is 4.36. The van der Waals surface area contributed by atoms with Crippen molar-refractivity contribution in [3.05, 3.63) is 41.9 Å². The maximum atomic E-state index is 12.4. The minimum absolute atomic E-state index is 0.131. The normalized spacial score (nSPS) is 15.2. The molecule has 0 radical (unpaired) electrons. The second-order valence-electron chi connectivity index (χ2n) is 5.64. The third-order valence-electron chi connectivity index (χ3n) is 3.99. The SMILES string of the molecule is Cc1cc(C)n(CC(=O)N2CCN(c3ccccn3)CC2)n1. The van der Waals surface area contributed by atoms with Gasteiger partial charge in [-0.2, -0.15) is 5.10 Å². The fraction of sp³-hybridized carbons (Fsp3) is 0.438. The van der Waals surface area contributed by atoms with Crippen molar-refractivity contribution in [1.29, 1.82) is 0 Å². The Morgan fingerprint density at radius 3 is 2.55 bits per heavy atom. The van der Waals surface area contributed by atoms with E-state index in [1.165, 1.54) is 0 Å². The molecule has 0 spiro atoms. The number of carbonyl (C=O) groups is 1. The minimum Gasteiger partial charge on any atom is -0.353 e. The molecule has 0 saturated carbocycles. The van der Waals surface area contributed by atoms with Crippen LogP contribution in [0.2, 0.25) is 0 Å². The fourth-order valence-electron chi connectivity index (χ4n) is 2.79. The highest BCUT2D eigenvalue weighted by Gasteiger charge is 2.22. The van der Waals surface area contributed by atoms with E-state index >= 15 is 0 Å².